The molecule has 0 aromatic heterocycles. The van der Waals surface area contributed by atoms with E-state index >= 15 is 0 Å². The molecule has 1 fully saturated rings. The Balaban J connectivity index is 1.99. The smallest absolute Gasteiger partial charge is 0.236 e. The highest BCUT2D eigenvalue weighted by Gasteiger charge is 2.17. The average Bonchev–Trinajstić information content (AvgIpc) is 2.98. The van der Waals surface area contributed by atoms with Crippen molar-refractivity contribution in [2.45, 2.75) is 38.0 Å². The lowest BCUT2D eigenvalue weighted by Gasteiger charge is -2.22. The van der Waals surface area contributed by atoms with Gasteiger partial charge in [0, 0.05) is 23.8 Å². The van der Waals surface area contributed by atoms with Gasteiger partial charge in [-0.05, 0) is 33.4 Å². The van der Waals surface area contributed by atoms with E-state index in [0.29, 0.717) is 25.7 Å². The van der Waals surface area contributed by atoms with Gasteiger partial charge >= 0.3 is 0 Å². The normalized spacial score (nSPS) is 20.1. The van der Waals surface area contributed by atoms with Crippen LogP contribution >= 0.6 is 11.8 Å². The summed E-state index contributed by atoms with van der Waals surface area (Å²) in [5, 5.41) is 2.87. The molecule has 1 rings (SSSR count). The molecule has 6 nitrogen and oxygen atoms in total. The van der Waals surface area contributed by atoms with Gasteiger partial charge in [0.1, 0.15) is 0 Å². The van der Waals surface area contributed by atoms with Crippen LogP contribution in [-0.4, -0.2) is 62.5 Å². The summed E-state index contributed by atoms with van der Waals surface area (Å²) in [6, 6.07) is 0. The third-order valence-electron chi connectivity index (χ3n) is 3.48. The SMILES string of the molecule is CSC(C)(C)COC[C@@H](C)ONCC(=O)NC[C@@H]1CCOC1. The Bertz CT molecular complexity index is 323. The van der Waals surface area contributed by atoms with Crippen LogP contribution in [-0.2, 0) is 19.1 Å². The number of hydroxylamine groups is 1. The first kappa shape index (κ1) is 19.7. The molecule has 0 saturated carbocycles. The Morgan fingerprint density at radius 2 is 2.27 bits per heavy atom. The number of amides is 1. The minimum Gasteiger partial charge on any atom is -0.381 e. The number of rotatable bonds is 11. The summed E-state index contributed by atoms with van der Waals surface area (Å²) in [6.45, 7) is 9.72. The van der Waals surface area contributed by atoms with Crippen LogP contribution in [0, 0.1) is 5.92 Å². The van der Waals surface area contributed by atoms with Gasteiger partial charge in [-0.25, -0.2) is 0 Å². The van der Waals surface area contributed by atoms with Gasteiger partial charge in [0.05, 0.1) is 32.5 Å². The van der Waals surface area contributed by atoms with Crippen LogP contribution in [0.25, 0.3) is 0 Å². The highest BCUT2D eigenvalue weighted by atomic mass is 32.2. The van der Waals surface area contributed by atoms with Crippen molar-refractivity contribution in [3.05, 3.63) is 0 Å². The molecule has 130 valence electrons. The predicted molar refractivity (Wildman–Crippen MR) is 88.9 cm³/mol. The first-order valence-electron chi connectivity index (χ1n) is 7.79. The molecule has 1 aliphatic heterocycles. The number of carbonyl (C=O) groups excluding carboxylic acids is 1. The summed E-state index contributed by atoms with van der Waals surface area (Å²) < 4.78 is 11.0. The predicted octanol–water partition coefficient (Wildman–Crippen LogP) is 1.21. The van der Waals surface area contributed by atoms with Gasteiger partial charge < -0.3 is 14.8 Å². The fourth-order valence-electron chi connectivity index (χ4n) is 1.88. The molecule has 0 aromatic rings. The number of hydrogen-bond donors (Lipinski definition) is 2. The van der Waals surface area contributed by atoms with E-state index in [1.54, 1.807) is 11.8 Å². The molecule has 0 bridgehead atoms. The Hall–Kier alpha value is -0.340. The van der Waals surface area contributed by atoms with Crippen LogP contribution in [0.4, 0.5) is 0 Å². The van der Waals surface area contributed by atoms with E-state index in [4.69, 9.17) is 14.3 Å². The summed E-state index contributed by atoms with van der Waals surface area (Å²) in [5.74, 6) is 0.375. The molecular formula is C15H30N2O4S. The molecule has 7 heteroatoms. The second-order valence-electron chi connectivity index (χ2n) is 6.26. The fourth-order valence-corrected chi connectivity index (χ4v) is 2.08. The van der Waals surface area contributed by atoms with Crippen LogP contribution in [0.15, 0.2) is 0 Å². The van der Waals surface area contributed by atoms with Crippen molar-refractivity contribution < 1.29 is 19.1 Å². The van der Waals surface area contributed by atoms with Crippen molar-refractivity contribution in [2.75, 3.05) is 45.8 Å². The Morgan fingerprint density at radius 1 is 1.50 bits per heavy atom. The molecule has 22 heavy (non-hydrogen) atoms. The standard InChI is InChI=1S/C15H30N2O4S/c1-12(9-20-11-15(2,3)22-4)21-17-8-14(18)16-7-13-5-6-19-10-13/h12-13,17H,5-11H2,1-4H3,(H,16,18)/t12-,13+/m1/s1. The third kappa shape index (κ3) is 8.95. The number of hydrogen-bond acceptors (Lipinski definition) is 6. The molecule has 0 radical (unpaired) electrons. The zero-order valence-corrected chi connectivity index (χ0v) is 15.0. The first-order chi connectivity index (χ1) is 10.4. The van der Waals surface area contributed by atoms with Gasteiger partial charge in [-0.2, -0.15) is 17.2 Å². The van der Waals surface area contributed by atoms with E-state index in [2.05, 4.69) is 30.9 Å². The first-order valence-corrected chi connectivity index (χ1v) is 9.01. The summed E-state index contributed by atoms with van der Waals surface area (Å²) >= 11 is 1.77. The second kappa shape index (κ2) is 10.4. The van der Waals surface area contributed by atoms with Gasteiger partial charge in [0.2, 0.25) is 5.91 Å². The number of carbonyl (C=O) groups is 1. The fraction of sp³-hybridized carbons (Fsp3) is 0.933. The highest BCUT2D eigenvalue weighted by molar-refractivity contribution is 7.99. The van der Waals surface area contributed by atoms with E-state index in [9.17, 15) is 4.79 Å². The quantitative estimate of drug-likeness (QED) is 0.554. The Kier molecular flexibility index (Phi) is 9.35. The van der Waals surface area contributed by atoms with Crippen molar-refractivity contribution in [1.82, 2.24) is 10.8 Å². The van der Waals surface area contributed by atoms with Gasteiger partial charge in [-0.3, -0.25) is 9.63 Å². The Morgan fingerprint density at radius 3 is 2.91 bits per heavy atom. The maximum atomic E-state index is 11.6. The Labute approximate surface area is 138 Å². The van der Waals surface area contributed by atoms with Gasteiger partial charge in [0.25, 0.3) is 0 Å². The molecule has 1 amide bonds. The lowest BCUT2D eigenvalue weighted by atomic mass is 10.1. The third-order valence-corrected chi connectivity index (χ3v) is 4.71. The number of ether oxygens (including phenoxy) is 2. The minimum absolute atomic E-state index is 0.0662. The maximum Gasteiger partial charge on any atom is 0.236 e. The van der Waals surface area contributed by atoms with Gasteiger partial charge in [0.15, 0.2) is 0 Å². The monoisotopic (exact) mass is 334 g/mol. The summed E-state index contributed by atoms with van der Waals surface area (Å²) in [6.07, 6.45) is 2.99. The number of thioether (sulfide) groups is 1. The molecule has 1 saturated heterocycles. The van der Waals surface area contributed by atoms with Crippen LogP contribution in [0.1, 0.15) is 27.2 Å². The number of nitrogens with one attached hydrogen (secondary N) is 2. The largest absolute Gasteiger partial charge is 0.381 e. The van der Waals surface area contributed by atoms with Crippen LogP contribution < -0.4 is 10.8 Å². The van der Waals surface area contributed by atoms with Gasteiger partial charge in [-0.1, -0.05) is 0 Å². The van der Waals surface area contributed by atoms with Crippen molar-refractivity contribution in [2.24, 2.45) is 5.92 Å². The van der Waals surface area contributed by atoms with Crippen LogP contribution in [0.3, 0.4) is 0 Å². The summed E-state index contributed by atoms with van der Waals surface area (Å²) in [5.41, 5.74) is 2.69. The maximum absolute atomic E-state index is 11.6. The van der Waals surface area contributed by atoms with Crippen molar-refractivity contribution in [1.29, 1.82) is 0 Å². The van der Waals surface area contributed by atoms with Gasteiger partial charge in [-0.15, -0.1) is 0 Å². The molecule has 0 aliphatic carbocycles. The zero-order valence-electron chi connectivity index (χ0n) is 14.1. The van der Waals surface area contributed by atoms with E-state index in [-0.39, 0.29) is 23.3 Å². The van der Waals surface area contributed by atoms with Crippen molar-refractivity contribution >= 4 is 17.7 Å². The van der Waals surface area contributed by atoms with Crippen molar-refractivity contribution in [3.8, 4) is 0 Å². The van der Waals surface area contributed by atoms with Crippen LogP contribution in [0.2, 0.25) is 0 Å². The molecule has 0 aromatic carbocycles. The van der Waals surface area contributed by atoms with E-state index in [1.165, 1.54) is 0 Å². The highest BCUT2D eigenvalue weighted by Crippen LogP contribution is 2.21. The zero-order chi connectivity index (χ0) is 16.4. The molecule has 0 unspecified atom stereocenters. The van der Waals surface area contributed by atoms with Crippen LogP contribution in [0.5, 0.6) is 0 Å². The molecular weight excluding hydrogens is 304 g/mol. The molecule has 2 atom stereocenters. The molecule has 2 N–H and O–H groups in total. The summed E-state index contributed by atoms with van der Waals surface area (Å²) in [7, 11) is 0. The second-order valence-corrected chi connectivity index (χ2v) is 7.78. The summed E-state index contributed by atoms with van der Waals surface area (Å²) in [4.78, 5) is 17.0. The molecule has 1 heterocycles. The minimum atomic E-state index is -0.103. The van der Waals surface area contributed by atoms with Crippen molar-refractivity contribution in [3.63, 3.8) is 0 Å². The van der Waals surface area contributed by atoms with E-state index in [1.807, 2.05) is 6.92 Å². The lowest BCUT2D eigenvalue weighted by molar-refractivity contribution is -0.125. The molecule has 0 spiro atoms. The lowest BCUT2D eigenvalue weighted by Crippen LogP contribution is -2.38. The average molecular weight is 334 g/mol. The molecule has 1 aliphatic rings. The topological polar surface area (TPSA) is 68.8 Å². The van der Waals surface area contributed by atoms with E-state index < -0.39 is 0 Å². The van der Waals surface area contributed by atoms with E-state index in [0.717, 1.165) is 19.6 Å².